The summed E-state index contributed by atoms with van der Waals surface area (Å²) in [6.07, 6.45) is 5.21. The van der Waals surface area contributed by atoms with Gasteiger partial charge in [-0.1, -0.05) is 24.3 Å². The van der Waals surface area contributed by atoms with Crippen molar-refractivity contribution in [1.82, 2.24) is 16.0 Å². The SMILES string of the molecule is CNC1=C(C(=O)c2ccc(CNC(=O)COCCCNC=O)cc2)CCCC1. The second-order valence-electron chi connectivity index (χ2n) is 6.70. The average molecular weight is 387 g/mol. The molecule has 152 valence electrons. The van der Waals surface area contributed by atoms with Gasteiger partial charge in [0.25, 0.3) is 0 Å². The third kappa shape index (κ3) is 6.81. The van der Waals surface area contributed by atoms with Crippen LogP contribution >= 0.6 is 0 Å². The molecule has 2 amide bonds. The van der Waals surface area contributed by atoms with Crippen molar-refractivity contribution in [2.45, 2.75) is 38.6 Å². The lowest BCUT2D eigenvalue weighted by Crippen LogP contribution is -2.27. The predicted molar refractivity (Wildman–Crippen MR) is 107 cm³/mol. The van der Waals surface area contributed by atoms with Gasteiger partial charge in [-0.2, -0.15) is 0 Å². The molecule has 0 spiro atoms. The molecule has 0 unspecified atom stereocenters. The molecule has 0 atom stereocenters. The molecular formula is C21H29N3O4. The largest absolute Gasteiger partial charge is 0.391 e. The Morgan fingerprint density at radius 2 is 1.89 bits per heavy atom. The fraction of sp³-hybridized carbons (Fsp3) is 0.476. The number of Topliss-reactive ketones (excluding diaryl/α,β-unsaturated/α-hetero) is 1. The zero-order chi connectivity index (χ0) is 20.2. The first-order chi connectivity index (χ1) is 13.7. The molecule has 2 rings (SSSR count). The van der Waals surface area contributed by atoms with E-state index in [-0.39, 0.29) is 18.3 Å². The van der Waals surface area contributed by atoms with Crippen molar-refractivity contribution in [3.05, 3.63) is 46.7 Å². The number of hydrogen-bond donors (Lipinski definition) is 3. The van der Waals surface area contributed by atoms with Crippen molar-refractivity contribution in [1.29, 1.82) is 0 Å². The molecule has 3 N–H and O–H groups in total. The Morgan fingerprint density at radius 1 is 1.14 bits per heavy atom. The van der Waals surface area contributed by atoms with Crippen LogP contribution in [0.4, 0.5) is 0 Å². The van der Waals surface area contributed by atoms with E-state index in [2.05, 4.69) is 16.0 Å². The maximum absolute atomic E-state index is 12.8. The Kier molecular flexibility index (Phi) is 9.21. The minimum atomic E-state index is -0.200. The van der Waals surface area contributed by atoms with Gasteiger partial charge < -0.3 is 20.7 Å². The number of amides is 2. The zero-order valence-electron chi connectivity index (χ0n) is 16.4. The van der Waals surface area contributed by atoms with Gasteiger partial charge in [-0.3, -0.25) is 14.4 Å². The lowest BCUT2D eigenvalue weighted by molar-refractivity contribution is -0.126. The van der Waals surface area contributed by atoms with Crippen LogP contribution < -0.4 is 16.0 Å². The van der Waals surface area contributed by atoms with Gasteiger partial charge in [-0.25, -0.2) is 0 Å². The number of benzene rings is 1. The van der Waals surface area contributed by atoms with Crippen molar-refractivity contribution in [2.24, 2.45) is 0 Å². The number of nitrogens with one attached hydrogen (secondary N) is 3. The van der Waals surface area contributed by atoms with Gasteiger partial charge in [0, 0.05) is 43.6 Å². The standard InChI is InChI=1S/C21H29N3O4/c1-22-19-6-3-2-5-18(19)21(27)17-9-7-16(8-10-17)13-24-20(26)14-28-12-4-11-23-15-25/h7-10,15,22H,2-6,11-14H2,1H3,(H,23,25)(H,24,26). The molecule has 7 heteroatoms. The van der Waals surface area contributed by atoms with E-state index in [0.29, 0.717) is 38.1 Å². The molecule has 0 aromatic heterocycles. The molecule has 0 fully saturated rings. The van der Waals surface area contributed by atoms with E-state index in [1.54, 1.807) is 0 Å². The Balaban J connectivity index is 1.78. The van der Waals surface area contributed by atoms with Crippen LogP contribution in [0.3, 0.4) is 0 Å². The monoisotopic (exact) mass is 387 g/mol. The molecule has 7 nitrogen and oxygen atoms in total. The Morgan fingerprint density at radius 3 is 2.61 bits per heavy atom. The van der Waals surface area contributed by atoms with Crippen LogP contribution in [-0.2, 0) is 20.9 Å². The maximum atomic E-state index is 12.8. The van der Waals surface area contributed by atoms with Gasteiger partial charge >= 0.3 is 0 Å². The summed E-state index contributed by atoms with van der Waals surface area (Å²) < 4.78 is 5.25. The topological polar surface area (TPSA) is 96.5 Å². The van der Waals surface area contributed by atoms with Crippen LogP contribution in [-0.4, -0.2) is 44.9 Å². The molecule has 0 radical (unpaired) electrons. The highest BCUT2D eigenvalue weighted by Crippen LogP contribution is 2.25. The van der Waals surface area contributed by atoms with Gasteiger partial charge in [0.05, 0.1) is 0 Å². The molecule has 1 aromatic rings. The van der Waals surface area contributed by atoms with E-state index in [0.717, 1.165) is 42.5 Å². The molecular weight excluding hydrogens is 358 g/mol. The predicted octanol–water partition coefficient (Wildman–Crippen LogP) is 1.69. The second kappa shape index (κ2) is 11.9. The average Bonchev–Trinajstić information content (AvgIpc) is 2.74. The quantitative estimate of drug-likeness (QED) is 0.288. The van der Waals surface area contributed by atoms with Gasteiger partial charge in [-0.05, 0) is 37.7 Å². The maximum Gasteiger partial charge on any atom is 0.246 e. The van der Waals surface area contributed by atoms with Crippen LogP contribution in [0.15, 0.2) is 35.5 Å². The summed E-state index contributed by atoms with van der Waals surface area (Å²) in [4.78, 5) is 34.6. The summed E-state index contributed by atoms with van der Waals surface area (Å²) in [6, 6.07) is 7.36. The number of carbonyl (C=O) groups excluding carboxylic acids is 3. The summed E-state index contributed by atoms with van der Waals surface area (Å²) >= 11 is 0. The van der Waals surface area contributed by atoms with E-state index in [1.165, 1.54) is 0 Å². The minimum Gasteiger partial charge on any atom is -0.391 e. The third-order valence-electron chi connectivity index (χ3n) is 4.68. The molecule has 1 aliphatic carbocycles. The van der Waals surface area contributed by atoms with Crippen molar-refractivity contribution in [3.63, 3.8) is 0 Å². The van der Waals surface area contributed by atoms with Gasteiger partial charge in [0.2, 0.25) is 12.3 Å². The van der Waals surface area contributed by atoms with Crippen molar-refractivity contribution in [2.75, 3.05) is 26.8 Å². The highest BCUT2D eigenvalue weighted by Gasteiger charge is 2.19. The van der Waals surface area contributed by atoms with E-state index < -0.39 is 0 Å². The molecule has 0 saturated carbocycles. The summed E-state index contributed by atoms with van der Waals surface area (Å²) in [5.41, 5.74) is 3.53. The Bertz CT molecular complexity index is 698. The van der Waals surface area contributed by atoms with Crippen molar-refractivity contribution >= 4 is 18.1 Å². The molecule has 0 heterocycles. The lowest BCUT2D eigenvalue weighted by Gasteiger charge is -2.19. The molecule has 1 aliphatic rings. The summed E-state index contributed by atoms with van der Waals surface area (Å²) in [5, 5.41) is 8.48. The van der Waals surface area contributed by atoms with Crippen LogP contribution in [0.25, 0.3) is 0 Å². The van der Waals surface area contributed by atoms with Crippen LogP contribution in [0, 0.1) is 0 Å². The highest BCUT2D eigenvalue weighted by atomic mass is 16.5. The number of ketones is 1. The number of rotatable bonds is 12. The molecule has 0 saturated heterocycles. The minimum absolute atomic E-state index is 0.0153. The fourth-order valence-electron chi connectivity index (χ4n) is 3.13. The molecule has 1 aromatic carbocycles. The van der Waals surface area contributed by atoms with Gasteiger partial charge in [0.15, 0.2) is 5.78 Å². The summed E-state index contributed by atoms with van der Waals surface area (Å²) in [7, 11) is 1.87. The molecule has 0 bridgehead atoms. The van der Waals surface area contributed by atoms with Gasteiger partial charge in [0.1, 0.15) is 6.61 Å². The summed E-state index contributed by atoms with van der Waals surface area (Å²) in [6.45, 7) is 1.31. The smallest absolute Gasteiger partial charge is 0.246 e. The first kappa shape index (κ1) is 21.6. The van der Waals surface area contributed by atoms with Crippen LogP contribution in [0.1, 0.15) is 48.0 Å². The highest BCUT2D eigenvalue weighted by molar-refractivity contribution is 6.09. The van der Waals surface area contributed by atoms with E-state index >= 15 is 0 Å². The molecule has 28 heavy (non-hydrogen) atoms. The normalized spacial score (nSPS) is 13.8. The van der Waals surface area contributed by atoms with Gasteiger partial charge in [-0.15, -0.1) is 0 Å². The zero-order valence-corrected chi connectivity index (χ0v) is 16.4. The molecule has 0 aliphatic heterocycles. The Labute approximate surface area is 165 Å². The van der Waals surface area contributed by atoms with E-state index in [4.69, 9.17) is 4.74 Å². The fourth-order valence-corrected chi connectivity index (χ4v) is 3.13. The van der Waals surface area contributed by atoms with Crippen molar-refractivity contribution < 1.29 is 19.1 Å². The number of ether oxygens (including phenoxy) is 1. The first-order valence-electron chi connectivity index (χ1n) is 9.70. The lowest BCUT2D eigenvalue weighted by atomic mass is 9.90. The number of allylic oxidation sites excluding steroid dienone is 2. The number of carbonyl (C=O) groups is 3. The third-order valence-corrected chi connectivity index (χ3v) is 4.68. The van der Waals surface area contributed by atoms with Crippen molar-refractivity contribution in [3.8, 4) is 0 Å². The second-order valence-corrected chi connectivity index (χ2v) is 6.70. The van der Waals surface area contributed by atoms with E-state index in [9.17, 15) is 14.4 Å². The van der Waals surface area contributed by atoms with Crippen LogP contribution in [0.2, 0.25) is 0 Å². The Hall–Kier alpha value is -2.67. The first-order valence-corrected chi connectivity index (χ1v) is 9.70. The van der Waals surface area contributed by atoms with E-state index in [1.807, 2.05) is 31.3 Å². The van der Waals surface area contributed by atoms with Crippen LogP contribution in [0.5, 0.6) is 0 Å². The number of hydrogen-bond acceptors (Lipinski definition) is 5. The summed E-state index contributed by atoms with van der Waals surface area (Å²) in [5.74, 6) is -0.119.